The van der Waals surface area contributed by atoms with Gasteiger partial charge in [-0.2, -0.15) is 5.10 Å². The van der Waals surface area contributed by atoms with Crippen molar-refractivity contribution in [1.29, 1.82) is 0 Å². The Balaban J connectivity index is 2.89. The Hall–Kier alpha value is -1.65. The van der Waals surface area contributed by atoms with Gasteiger partial charge >= 0.3 is 5.97 Å². The zero-order valence-electron chi connectivity index (χ0n) is 9.93. The van der Waals surface area contributed by atoms with Crippen LogP contribution in [-0.4, -0.2) is 28.4 Å². The summed E-state index contributed by atoms with van der Waals surface area (Å²) >= 11 is 0. The summed E-state index contributed by atoms with van der Waals surface area (Å²) < 4.78 is 10.5. The molecule has 0 aliphatic carbocycles. The molecule has 0 aromatic carbocycles. The van der Waals surface area contributed by atoms with Gasteiger partial charge in [-0.05, 0) is 27.7 Å². The van der Waals surface area contributed by atoms with Gasteiger partial charge in [0.25, 0.3) is 0 Å². The van der Waals surface area contributed by atoms with Crippen molar-refractivity contribution in [1.82, 2.24) is 10.2 Å². The number of esters is 1. The van der Waals surface area contributed by atoms with Gasteiger partial charge in [0.2, 0.25) is 5.69 Å². The van der Waals surface area contributed by atoms with E-state index in [1.165, 1.54) is 6.20 Å². The van der Waals surface area contributed by atoms with Crippen LogP contribution in [0.1, 0.15) is 38.2 Å². The SMILES string of the molecule is CC(C)OC(=O)c1nnccc1OC(C)C. The van der Waals surface area contributed by atoms with Crippen molar-refractivity contribution < 1.29 is 14.3 Å². The third-order valence-corrected chi connectivity index (χ3v) is 1.58. The van der Waals surface area contributed by atoms with Gasteiger partial charge in [-0.3, -0.25) is 0 Å². The highest BCUT2D eigenvalue weighted by Crippen LogP contribution is 2.17. The third kappa shape index (κ3) is 3.49. The van der Waals surface area contributed by atoms with Crippen molar-refractivity contribution in [2.45, 2.75) is 39.9 Å². The maximum atomic E-state index is 11.7. The topological polar surface area (TPSA) is 61.3 Å². The van der Waals surface area contributed by atoms with Gasteiger partial charge in [0.15, 0.2) is 5.75 Å². The quantitative estimate of drug-likeness (QED) is 0.730. The molecule has 0 radical (unpaired) electrons. The second kappa shape index (κ2) is 5.44. The first-order valence-electron chi connectivity index (χ1n) is 5.20. The average Bonchev–Trinajstić information content (AvgIpc) is 2.16. The lowest BCUT2D eigenvalue weighted by molar-refractivity contribution is 0.0363. The lowest BCUT2D eigenvalue weighted by atomic mass is 10.3. The fraction of sp³-hybridized carbons (Fsp3) is 0.545. The second-order valence-corrected chi connectivity index (χ2v) is 3.86. The van der Waals surface area contributed by atoms with Gasteiger partial charge < -0.3 is 9.47 Å². The first-order chi connectivity index (χ1) is 7.50. The molecule has 0 aliphatic heterocycles. The van der Waals surface area contributed by atoms with Gasteiger partial charge in [0.05, 0.1) is 18.4 Å². The minimum atomic E-state index is -0.515. The molecule has 0 saturated carbocycles. The van der Waals surface area contributed by atoms with E-state index in [2.05, 4.69) is 10.2 Å². The molecule has 0 aliphatic rings. The van der Waals surface area contributed by atoms with Crippen LogP contribution < -0.4 is 4.74 Å². The largest absolute Gasteiger partial charge is 0.488 e. The number of rotatable bonds is 4. The van der Waals surface area contributed by atoms with E-state index in [1.807, 2.05) is 13.8 Å². The Morgan fingerprint density at radius 2 is 1.94 bits per heavy atom. The molecule has 1 aromatic rings. The highest BCUT2D eigenvalue weighted by molar-refractivity contribution is 5.90. The van der Waals surface area contributed by atoms with Crippen LogP contribution in [0.4, 0.5) is 0 Å². The molecule has 0 spiro atoms. The van der Waals surface area contributed by atoms with Crippen LogP contribution in [0, 0.1) is 0 Å². The molecule has 0 bridgehead atoms. The molecule has 0 fully saturated rings. The van der Waals surface area contributed by atoms with Crippen LogP contribution in [0.3, 0.4) is 0 Å². The monoisotopic (exact) mass is 224 g/mol. The molecule has 0 saturated heterocycles. The first-order valence-corrected chi connectivity index (χ1v) is 5.20. The maximum absolute atomic E-state index is 11.7. The van der Waals surface area contributed by atoms with E-state index < -0.39 is 5.97 Å². The van der Waals surface area contributed by atoms with Crippen LogP contribution in [0.5, 0.6) is 5.75 Å². The Bertz CT molecular complexity index is 364. The fourth-order valence-corrected chi connectivity index (χ4v) is 1.08. The number of hydrogen-bond acceptors (Lipinski definition) is 5. The summed E-state index contributed by atoms with van der Waals surface area (Å²) in [4.78, 5) is 11.7. The molecule has 0 amide bonds. The molecule has 16 heavy (non-hydrogen) atoms. The normalized spacial score (nSPS) is 10.6. The molecule has 0 unspecified atom stereocenters. The van der Waals surface area contributed by atoms with E-state index in [0.717, 1.165) is 0 Å². The molecule has 1 aromatic heterocycles. The second-order valence-electron chi connectivity index (χ2n) is 3.86. The van der Waals surface area contributed by atoms with Crippen molar-refractivity contribution in [2.24, 2.45) is 0 Å². The molecule has 5 nitrogen and oxygen atoms in total. The van der Waals surface area contributed by atoms with E-state index in [0.29, 0.717) is 5.75 Å². The summed E-state index contributed by atoms with van der Waals surface area (Å²) in [5.74, 6) is -0.116. The number of nitrogens with zero attached hydrogens (tertiary/aromatic N) is 2. The predicted molar refractivity (Wildman–Crippen MR) is 58.3 cm³/mol. The highest BCUT2D eigenvalue weighted by atomic mass is 16.5. The van der Waals surface area contributed by atoms with Crippen LogP contribution in [0.15, 0.2) is 12.3 Å². The summed E-state index contributed by atoms with van der Waals surface area (Å²) in [6.07, 6.45) is 1.25. The van der Waals surface area contributed by atoms with E-state index in [1.54, 1.807) is 19.9 Å². The molecule has 0 N–H and O–H groups in total. The van der Waals surface area contributed by atoms with Gasteiger partial charge in [-0.15, -0.1) is 5.10 Å². The summed E-state index contributed by atoms with van der Waals surface area (Å²) in [5, 5.41) is 7.39. The van der Waals surface area contributed by atoms with Gasteiger partial charge in [0.1, 0.15) is 0 Å². The Morgan fingerprint density at radius 1 is 1.25 bits per heavy atom. The lowest BCUT2D eigenvalue weighted by Gasteiger charge is -2.13. The lowest BCUT2D eigenvalue weighted by Crippen LogP contribution is -2.17. The summed E-state index contributed by atoms with van der Waals surface area (Å²) in [6.45, 7) is 7.30. The van der Waals surface area contributed by atoms with Crippen LogP contribution in [-0.2, 0) is 4.74 Å². The third-order valence-electron chi connectivity index (χ3n) is 1.58. The van der Waals surface area contributed by atoms with Crippen LogP contribution in [0.25, 0.3) is 0 Å². The van der Waals surface area contributed by atoms with E-state index in [-0.39, 0.29) is 17.9 Å². The van der Waals surface area contributed by atoms with E-state index >= 15 is 0 Å². The van der Waals surface area contributed by atoms with Crippen molar-refractivity contribution in [2.75, 3.05) is 0 Å². The maximum Gasteiger partial charge on any atom is 0.363 e. The summed E-state index contributed by atoms with van der Waals surface area (Å²) in [6, 6.07) is 1.60. The Kier molecular flexibility index (Phi) is 4.22. The molecule has 0 atom stereocenters. The van der Waals surface area contributed by atoms with E-state index in [4.69, 9.17) is 9.47 Å². The molecule has 1 heterocycles. The molecule has 88 valence electrons. The fourth-order valence-electron chi connectivity index (χ4n) is 1.08. The minimum absolute atomic E-state index is 0.0326. The number of ether oxygens (including phenoxy) is 2. The summed E-state index contributed by atoms with van der Waals surface area (Å²) in [7, 11) is 0. The zero-order valence-corrected chi connectivity index (χ0v) is 9.93. The highest BCUT2D eigenvalue weighted by Gasteiger charge is 2.18. The van der Waals surface area contributed by atoms with Crippen molar-refractivity contribution in [3.05, 3.63) is 18.0 Å². The number of carbonyl (C=O) groups is 1. The minimum Gasteiger partial charge on any atom is -0.488 e. The standard InChI is InChI=1S/C11H16N2O3/c1-7(2)15-9-5-6-12-13-10(9)11(14)16-8(3)4/h5-8H,1-4H3. The van der Waals surface area contributed by atoms with Gasteiger partial charge in [0, 0.05) is 6.07 Å². The van der Waals surface area contributed by atoms with Crippen LogP contribution in [0.2, 0.25) is 0 Å². The molecular weight excluding hydrogens is 208 g/mol. The van der Waals surface area contributed by atoms with Crippen LogP contribution >= 0.6 is 0 Å². The summed E-state index contributed by atoms with van der Waals surface area (Å²) in [5.41, 5.74) is 0.116. The van der Waals surface area contributed by atoms with E-state index in [9.17, 15) is 4.79 Å². The van der Waals surface area contributed by atoms with Crippen molar-refractivity contribution in [3.63, 3.8) is 0 Å². The van der Waals surface area contributed by atoms with Crippen molar-refractivity contribution in [3.8, 4) is 5.75 Å². The molecule has 5 heteroatoms. The van der Waals surface area contributed by atoms with Crippen molar-refractivity contribution >= 4 is 5.97 Å². The number of carbonyl (C=O) groups excluding carboxylic acids is 1. The predicted octanol–water partition coefficient (Wildman–Crippen LogP) is 1.83. The Labute approximate surface area is 94.8 Å². The zero-order chi connectivity index (χ0) is 12.1. The Morgan fingerprint density at radius 3 is 2.50 bits per heavy atom. The van der Waals surface area contributed by atoms with Gasteiger partial charge in [-0.1, -0.05) is 0 Å². The van der Waals surface area contributed by atoms with Gasteiger partial charge in [-0.25, -0.2) is 4.79 Å². The first kappa shape index (κ1) is 12.4. The number of aromatic nitrogens is 2. The molecule has 1 rings (SSSR count). The molecular formula is C11H16N2O3. The average molecular weight is 224 g/mol. The smallest absolute Gasteiger partial charge is 0.363 e. The number of hydrogen-bond donors (Lipinski definition) is 0.